The Morgan fingerprint density at radius 2 is 1.97 bits per heavy atom. The number of carbonyl (C=O) groups is 4. The number of amides is 3. The fraction of sp³-hybridized carbons (Fsp3) is 0.412. The van der Waals surface area contributed by atoms with Gasteiger partial charge in [-0.3, -0.25) is 15.0 Å². The maximum atomic E-state index is 12.0. The fourth-order valence-corrected chi connectivity index (χ4v) is 3.81. The number of carboxylic acid groups (broad SMARTS) is 1. The van der Waals surface area contributed by atoms with Crippen LogP contribution < -0.4 is 10.9 Å². The number of hydrogen-bond acceptors (Lipinski definition) is 8. The van der Waals surface area contributed by atoms with Gasteiger partial charge >= 0.3 is 12.1 Å². The van der Waals surface area contributed by atoms with Crippen LogP contribution in [0, 0.1) is 0 Å². The Bertz CT molecular complexity index is 966. The van der Waals surface area contributed by atoms with Gasteiger partial charge < -0.3 is 29.5 Å². The van der Waals surface area contributed by atoms with Gasteiger partial charge in [-0.25, -0.2) is 19.2 Å². The molecule has 1 saturated heterocycles. The van der Waals surface area contributed by atoms with Gasteiger partial charge in [0.15, 0.2) is 28.6 Å². The number of likely N-dealkylation sites (tertiary alicyclic amines) is 1. The van der Waals surface area contributed by atoms with E-state index in [2.05, 4.69) is 0 Å². The second-order valence-electron chi connectivity index (χ2n) is 7.14. The van der Waals surface area contributed by atoms with Crippen molar-refractivity contribution in [1.29, 1.82) is 0 Å². The standard InChI is InChI=1S/C17H20ClN3O10S/c1-7-3-11(23)21(7)13(15(26)27)17(2,32(29)30)6-31-16(28)20-19-14(25)8-4-9(18)12(24)10(22)5-8/h4-5,7,13,22,24H,3,6H2,1-2H3,(H,19,25)(H,20,28)(H,26,27)(H,29,30)/t7-,13+,17+/m1/s1. The van der Waals surface area contributed by atoms with Crippen LogP contribution in [0.25, 0.3) is 0 Å². The number of nitrogens with one attached hydrogen (secondary N) is 2. The maximum Gasteiger partial charge on any atom is 0.426 e. The second-order valence-corrected chi connectivity index (χ2v) is 8.98. The molecule has 1 heterocycles. The highest BCUT2D eigenvalue weighted by atomic mass is 35.5. The second kappa shape index (κ2) is 9.58. The van der Waals surface area contributed by atoms with Crippen molar-refractivity contribution in [3.05, 3.63) is 22.7 Å². The quantitative estimate of drug-likeness (QED) is 0.131. The molecule has 1 aliphatic rings. The summed E-state index contributed by atoms with van der Waals surface area (Å²) < 4.78 is 24.4. The molecule has 15 heteroatoms. The SMILES string of the molecule is C[C@@H]1CC(=O)N1[C@@H](C(=O)O)[C@](C)(COC(=O)NNC(=O)c1cc(O)c(O)c(Cl)c1)S(=O)O. The van der Waals surface area contributed by atoms with Gasteiger partial charge in [0.25, 0.3) is 5.91 Å². The first-order chi connectivity index (χ1) is 14.8. The summed E-state index contributed by atoms with van der Waals surface area (Å²) in [7, 11) is 0. The van der Waals surface area contributed by atoms with Crippen LogP contribution in [0.3, 0.4) is 0 Å². The fourth-order valence-electron chi connectivity index (χ4n) is 3.03. The molecule has 4 atom stereocenters. The number of phenols is 2. The van der Waals surface area contributed by atoms with Crippen molar-refractivity contribution >= 4 is 46.6 Å². The largest absolute Gasteiger partial charge is 0.504 e. The lowest BCUT2D eigenvalue weighted by molar-refractivity contribution is -0.163. The van der Waals surface area contributed by atoms with Crippen molar-refractivity contribution in [2.75, 3.05) is 6.61 Å². The maximum absolute atomic E-state index is 12.0. The molecule has 0 spiro atoms. The zero-order valence-corrected chi connectivity index (χ0v) is 18.3. The summed E-state index contributed by atoms with van der Waals surface area (Å²) in [6, 6.07) is -0.367. The number of nitrogens with zero attached hydrogens (tertiary/aromatic N) is 1. The normalized spacial score (nSPS) is 19.2. The van der Waals surface area contributed by atoms with E-state index in [-0.39, 0.29) is 17.0 Å². The van der Waals surface area contributed by atoms with Gasteiger partial charge in [0.2, 0.25) is 5.91 Å². The van der Waals surface area contributed by atoms with Gasteiger partial charge in [-0.2, -0.15) is 0 Å². The number of hydrogen-bond donors (Lipinski definition) is 6. The zero-order chi connectivity index (χ0) is 24.4. The predicted molar refractivity (Wildman–Crippen MR) is 108 cm³/mol. The van der Waals surface area contributed by atoms with Crippen LogP contribution in [-0.4, -0.2) is 76.3 Å². The minimum absolute atomic E-state index is 0.0716. The Morgan fingerprint density at radius 3 is 2.44 bits per heavy atom. The summed E-state index contributed by atoms with van der Waals surface area (Å²) in [6.45, 7) is 1.74. The van der Waals surface area contributed by atoms with Crippen molar-refractivity contribution in [3.8, 4) is 11.5 Å². The number of carboxylic acids is 1. The van der Waals surface area contributed by atoms with E-state index in [9.17, 15) is 43.3 Å². The van der Waals surface area contributed by atoms with Crippen LogP contribution in [0.1, 0.15) is 30.6 Å². The van der Waals surface area contributed by atoms with Crippen LogP contribution in [0.2, 0.25) is 5.02 Å². The van der Waals surface area contributed by atoms with E-state index >= 15 is 0 Å². The molecule has 1 aliphatic heterocycles. The van der Waals surface area contributed by atoms with Crippen LogP contribution in [0.15, 0.2) is 12.1 Å². The van der Waals surface area contributed by atoms with Gasteiger partial charge in [0, 0.05) is 18.0 Å². The predicted octanol–water partition coefficient (Wildman–Crippen LogP) is 0.177. The molecule has 0 aliphatic carbocycles. The van der Waals surface area contributed by atoms with E-state index in [1.807, 2.05) is 10.9 Å². The summed E-state index contributed by atoms with van der Waals surface area (Å²) >= 11 is 2.81. The molecule has 176 valence electrons. The highest BCUT2D eigenvalue weighted by molar-refractivity contribution is 7.80. The third kappa shape index (κ3) is 5.03. The molecule has 3 amide bonds. The van der Waals surface area contributed by atoms with Gasteiger partial charge in [0.05, 0.1) is 5.02 Å². The Balaban J connectivity index is 2.05. The molecule has 1 fully saturated rings. The highest BCUT2D eigenvalue weighted by Crippen LogP contribution is 2.34. The van der Waals surface area contributed by atoms with Crippen molar-refractivity contribution in [2.24, 2.45) is 0 Å². The average Bonchev–Trinajstić information content (AvgIpc) is 2.71. The highest BCUT2D eigenvalue weighted by Gasteiger charge is 2.54. The minimum Gasteiger partial charge on any atom is -0.504 e. The first kappa shape index (κ1) is 25.2. The molecule has 0 radical (unpaired) electrons. The van der Waals surface area contributed by atoms with Crippen LogP contribution >= 0.6 is 11.6 Å². The topological polar surface area (TPSA) is 203 Å². The van der Waals surface area contributed by atoms with E-state index in [1.165, 1.54) is 0 Å². The number of phenolic OH excluding ortho intramolecular Hbond substituents is 2. The van der Waals surface area contributed by atoms with Gasteiger partial charge in [-0.1, -0.05) is 11.6 Å². The molecule has 6 N–H and O–H groups in total. The summed E-state index contributed by atoms with van der Waals surface area (Å²) in [5, 5.41) is 28.1. The molecular formula is C17H20ClN3O10S. The van der Waals surface area contributed by atoms with Crippen molar-refractivity contribution in [3.63, 3.8) is 0 Å². The molecule has 0 bridgehead atoms. The smallest absolute Gasteiger partial charge is 0.426 e. The Kier molecular flexibility index (Phi) is 7.54. The van der Waals surface area contributed by atoms with Crippen molar-refractivity contribution < 1.29 is 48.0 Å². The lowest BCUT2D eigenvalue weighted by Gasteiger charge is -2.47. The molecule has 2 rings (SSSR count). The Labute approximate surface area is 188 Å². The van der Waals surface area contributed by atoms with E-state index in [0.717, 1.165) is 24.0 Å². The van der Waals surface area contributed by atoms with Crippen LogP contribution in [0.5, 0.6) is 11.5 Å². The molecule has 32 heavy (non-hydrogen) atoms. The third-order valence-corrected chi connectivity index (χ3v) is 6.22. The number of carbonyl (C=O) groups excluding carboxylic acids is 3. The third-order valence-electron chi connectivity index (χ3n) is 4.80. The zero-order valence-electron chi connectivity index (χ0n) is 16.7. The minimum atomic E-state index is -2.84. The lowest BCUT2D eigenvalue weighted by atomic mass is 9.92. The first-order valence-corrected chi connectivity index (χ1v) is 10.4. The molecule has 1 unspecified atom stereocenters. The van der Waals surface area contributed by atoms with E-state index < -0.39 is 69.9 Å². The number of hydrazine groups is 1. The number of aromatic hydroxyl groups is 2. The number of halogens is 1. The number of benzene rings is 1. The molecule has 1 aromatic carbocycles. The van der Waals surface area contributed by atoms with Gasteiger partial charge in [-0.15, -0.1) is 0 Å². The Morgan fingerprint density at radius 1 is 1.34 bits per heavy atom. The average molecular weight is 494 g/mol. The van der Waals surface area contributed by atoms with E-state index in [0.29, 0.717) is 0 Å². The monoisotopic (exact) mass is 493 g/mol. The summed E-state index contributed by atoms with van der Waals surface area (Å²) in [4.78, 5) is 48.5. The lowest BCUT2D eigenvalue weighted by Crippen LogP contribution is -2.68. The van der Waals surface area contributed by atoms with Gasteiger partial charge in [-0.05, 0) is 26.0 Å². The molecular weight excluding hydrogens is 474 g/mol. The summed E-state index contributed by atoms with van der Waals surface area (Å²) in [5.74, 6) is -4.38. The van der Waals surface area contributed by atoms with Crippen molar-refractivity contribution in [1.82, 2.24) is 15.8 Å². The number of rotatable bonds is 7. The van der Waals surface area contributed by atoms with Crippen molar-refractivity contribution in [2.45, 2.75) is 37.1 Å². The van der Waals surface area contributed by atoms with Crippen LogP contribution in [0.4, 0.5) is 4.79 Å². The van der Waals surface area contributed by atoms with E-state index in [4.69, 9.17) is 16.3 Å². The number of β-lactam (4-membered cyclic amide) rings is 1. The van der Waals surface area contributed by atoms with Crippen LogP contribution in [-0.2, 0) is 25.4 Å². The molecule has 1 aromatic rings. The number of ether oxygens (including phenoxy) is 1. The van der Waals surface area contributed by atoms with Gasteiger partial charge in [0.1, 0.15) is 11.4 Å². The number of aliphatic carboxylic acids is 1. The molecule has 0 aromatic heterocycles. The molecule has 0 saturated carbocycles. The van der Waals surface area contributed by atoms with E-state index in [1.54, 1.807) is 6.92 Å². The molecule has 13 nitrogen and oxygen atoms in total. The summed E-state index contributed by atoms with van der Waals surface area (Å²) in [5.41, 5.74) is 3.51. The first-order valence-electron chi connectivity index (χ1n) is 8.89. The Hall–Kier alpha value is -3.10. The summed E-state index contributed by atoms with van der Waals surface area (Å²) in [6.07, 6.45) is -1.24.